The van der Waals surface area contributed by atoms with Gasteiger partial charge in [-0.1, -0.05) is 18.9 Å². The number of aliphatic hydroxyl groups is 1. The Labute approximate surface area is 152 Å². The van der Waals surface area contributed by atoms with Crippen molar-refractivity contribution in [3.8, 4) is 0 Å². The molecule has 1 N–H and O–H groups in total. The zero-order chi connectivity index (χ0) is 18.9. The summed E-state index contributed by atoms with van der Waals surface area (Å²) in [5, 5.41) is 10.6. The van der Waals surface area contributed by atoms with Gasteiger partial charge in [-0.2, -0.15) is 0 Å². The quantitative estimate of drug-likeness (QED) is 0.773. The fourth-order valence-electron chi connectivity index (χ4n) is 5.96. The predicted octanol–water partition coefficient (Wildman–Crippen LogP) is 2.08. The largest absolute Gasteiger partial charge is 0.463 e. The third-order valence-electron chi connectivity index (χ3n) is 7.35. The Balaban J connectivity index is 1.69. The van der Waals surface area contributed by atoms with Crippen LogP contribution in [0.4, 0.5) is 0 Å². The van der Waals surface area contributed by atoms with E-state index < -0.39 is 17.1 Å². The monoisotopic (exact) mass is 362 g/mol. The number of allylic oxidation sites excluding steroid dienone is 1. The van der Waals surface area contributed by atoms with Gasteiger partial charge in [0.15, 0.2) is 11.9 Å². The van der Waals surface area contributed by atoms with Crippen molar-refractivity contribution in [2.75, 3.05) is 6.61 Å². The summed E-state index contributed by atoms with van der Waals surface area (Å²) in [6, 6.07) is 0. The molecule has 0 unspecified atom stereocenters. The first-order valence-corrected chi connectivity index (χ1v) is 9.44. The molecule has 4 rings (SSSR count). The molecule has 0 bridgehead atoms. The van der Waals surface area contributed by atoms with Crippen LogP contribution < -0.4 is 0 Å². The van der Waals surface area contributed by atoms with Gasteiger partial charge >= 0.3 is 11.9 Å². The smallest absolute Gasteiger partial charge is 0.313 e. The van der Waals surface area contributed by atoms with Crippen molar-refractivity contribution in [2.45, 2.75) is 71.0 Å². The second kappa shape index (κ2) is 5.41. The number of carbonyl (C=O) groups is 3. The predicted molar refractivity (Wildman–Crippen MR) is 90.9 cm³/mol. The minimum atomic E-state index is -1.17. The number of hydrogen-bond acceptors (Lipinski definition) is 6. The van der Waals surface area contributed by atoms with Gasteiger partial charge in [0.2, 0.25) is 0 Å². The van der Waals surface area contributed by atoms with Gasteiger partial charge in [-0.25, -0.2) is 0 Å². The maximum Gasteiger partial charge on any atom is 0.313 e. The van der Waals surface area contributed by atoms with Gasteiger partial charge in [0.25, 0.3) is 0 Å². The molecule has 5 atom stereocenters. The van der Waals surface area contributed by atoms with Crippen LogP contribution in [0.2, 0.25) is 0 Å². The SMILES string of the molecule is CC1=C(CC[C@@]2(O)COC(=O)C2)[C@@]2(C)CCC[C@]3(C)C(=O)O[C@H](C1=O)[C@@H]32. The van der Waals surface area contributed by atoms with Gasteiger partial charge in [0.1, 0.15) is 12.2 Å². The van der Waals surface area contributed by atoms with E-state index in [4.69, 9.17) is 9.47 Å². The summed E-state index contributed by atoms with van der Waals surface area (Å²) in [5.41, 5.74) is -0.424. The Morgan fingerprint density at radius 3 is 2.50 bits per heavy atom. The molecule has 0 aromatic rings. The maximum atomic E-state index is 12.9. The Hall–Kier alpha value is -1.69. The summed E-state index contributed by atoms with van der Waals surface area (Å²) in [6.07, 6.45) is 2.76. The van der Waals surface area contributed by atoms with Gasteiger partial charge in [0.05, 0.1) is 11.8 Å². The van der Waals surface area contributed by atoms with Crippen LogP contribution in [-0.2, 0) is 23.9 Å². The number of hydrogen-bond donors (Lipinski definition) is 1. The Kier molecular flexibility index (Phi) is 3.69. The van der Waals surface area contributed by atoms with E-state index in [1.807, 2.05) is 6.92 Å². The van der Waals surface area contributed by atoms with E-state index in [-0.39, 0.29) is 42.1 Å². The molecule has 0 aromatic carbocycles. The van der Waals surface area contributed by atoms with Crippen LogP contribution in [0.1, 0.15) is 59.3 Å². The van der Waals surface area contributed by atoms with E-state index in [2.05, 4.69) is 6.92 Å². The first-order chi connectivity index (χ1) is 12.1. The molecule has 0 aromatic heterocycles. The highest BCUT2D eigenvalue weighted by Crippen LogP contribution is 2.63. The molecule has 6 nitrogen and oxygen atoms in total. The Bertz CT molecular complexity index is 739. The molecule has 4 aliphatic rings. The fraction of sp³-hybridized carbons (Fsp3) is 0.750. The van der Waals surface area contributed by atoms with Crippen LogP contribution in [-0.4, -0.2) is 41.1 Å². The number of carbonyl (C=O) groups excluding carboxylic acids is 3. The van der Waals surface area contributed by atoms with E-state index in [0.717, 1.165) is 24.8 Å². The fourth-order valence-corrected chi connectivity index (χ4v) is 5.96. The molecule has 0 radical (unpaired) electrons. The number of cyclic esters (lactones) is 1. The van der Waals surface area contributed by atoms with Gasteiger partial charge in [-0.3, -0.25) is 14.4 Å². The molecule has 2 saturated heterocycles. The molecule has 2 heterocycles. The second-order valence-corrected chi connectivity index (χ2v) is 9.02. The zero-order valence-electron chi connectivity index (χ0n) is 15.6. The van der Waals surface area contributed by atoms with Crippen molar-refractivity contribution in [3.63, 3.8) is 0 Å². The molecule has 3 fully saturated rings. The third-order valence-corrected chi connectivity index (χ3v) is 7.35. The number of ether oxygens (including phenoxy) is 2. The van der Waals surface area contributed by atoms with Crippen molar-refractivity contribution in [3.05, 3.63) is 11.1 Å². The van der Waals surface area contributed by atoms with Crippen LogP contribution in [0.5, 0.6) is 0 Å². The van der Waals surface area contributed by atoms with Crippen molar-refractivity contribution in [1.82, 2.24) is 0 Å². The lowest BCUT2D eigenvalue weighted by Gasteiger charge is -2.51. The van der Waals surface area contributed by atoms with Gasteiger partial charge in [-0.05, 0) is 50.5 Å². The minimum Gasteiger partial charge on any atom is -0.463 e. The average Bonchev–Trinajstić information content (AvgIpc) is 3.04. The highest BCUT2D eigenvalue weighted by molar-refractivity contribution is 6.04. The highest BCUT2D eigenvalue weighted by Gasteiger charge is 2.67. The molecule has 0 amide bonds. The van der Waals surface area contributed by atoms with E-state index in [1.54, 1.807) is 6.92 Å². The Morgan fingerprint density at radius 1 is 1.15 bits per heavy atom. The molecule has 26 heavy (non-hydrogen) atoms. The zero-order valence-corrected chi connectivity index (χ0v) is 15.6. The topological polar surface area (TPSA) is 89.9 Å². The average molecular weight is 362 g/mol. The normalized spacial score (nSPS) is 44.8. The van der Waals surface area contributed by atoms with Gasteiger partial charge in [-0.15, -0.1) is 0 Å². The van der Waals surface area contributed by atoms with Crippen LogP contribution in [0.3, 0.4) is 0 Å². The van der Waals surface area contributed by atoms with E-state index >= 15 is 0 Å². The molecule has 0 spiro atoms. The molecule has 142 valence electrons. The summed E-state index contributed by atoms with van der Waals surface area (Å²) in [4.78, 5) is 36.9. The molecular weight excluding hydrogens is 336 g/mol. The summed E-state index contributed by atoms with van der Waals surface area (Å²) in [7, 11) is 0. The number of ketones is 1. The summed E-state index contributed by atoms with van der Waals surface area (Å²) < 4.78 is 10.5. The number of rotatable bonds is 3. The lowest BCUT2D eigenvalue weighted by molar-refractivity contribution is -0.151. The van der Waals surface area contributed by atoms with Crippen LogP contribution in [0.15, 0.2) is 11.1 Å². The summed E-state index contributed by atoms with van der Waals surface area (Å²) in [6.45, 7) is 5.88. The second-order valence-electron chi connectivity index (χ2n) is 9.02. The van der Waals surface area contributed by atoms with Crippen LogP contribution >= 0.6 is 0 Å². The van der Waals surface area contributed by atoms with E-state index in [9.17, 15) is 19.5 Å². The van der Waals surface area contributed by atoms with E-state index in [1.165, 1.54) is 0 Å². The molecule has 6 heteroatoms. The number of Topliss-reactive ketones (excluding diaryl/α,β-unsaturated/α-hetero) is 1. The van der Waals surface area contributed by atoms with Crippen LogP contribution in [0, 0.1) is 16.7 Å². The molecule has 2 aliphatic heterocycles. The summed E-state index contributed by atoms with van der Waals surface area (Å²) >= 11 is 0. The highest BCUT2D eigenvalue weighted by atomic mass is 16.6. The van der Waals surface area contributed by atoms with Crippen molar-refractivity contribution < 1.29 is 29.0 Å². The number of esters is 2. The summed E-state index contributed by atoms with van der Waals surface area (Å²) in [5.74, 6) is -0.899. The van der Waals surface area contributed by atoms with Crippen molar-refractivity contribution in [2.24, 2.45) is 16.7 Å². The van der Waals surface area contributed by atoms with Crippen LogP contribution in [0.25, 0.3) is 0 Å². The van der Waals surface area contributed by atoms with E-state index in [0.29, 0.717) is 18.4 Å². The Morgan fingerprint density at radius 2 is 1.85 bits per heavy atom. The van der Waals surface area contributed by atoms with Crippen molar-refractivity contribution in [1.29, 1.82) is 0 Å². The molecule has 1 saturated carbocycles. The van der Waals surface area contributed by atoms with Gasteiger partial charge < -0.3 is 14.6 Å². The lowest BCUT2D eigenvalue weighted by Crippen LogP contribution is -2.53. The first kappa shape index (κ1) is 17.7. The third kappa shape index (κ3) is 2.24. The molecular formula is C20H26O6. The first-order valence-electron chi connectivity index (χ1n) is 9.44. The standard InChI is InChI=1S/C20H26O6/c1-11-12(5-8-20(24)9-13(21)25-10-20)18(2)6-4-7-19(3)16(18)15(14(11)22)26-17(19)23/h15-16,24H,4-10H2,1-3H3/t15-,16-,18-,19+,20+/m1/s1. The molecule has 2 aliphatic carbocycles. The van der Waals surface area contributed by atoms with Crippen molar-refractivity contribution >= 4 is 17.7 Å². The lowest BCUT2D eigenvalue weighted by atomic mass is 9.49. The maximum absolute atomic E-state index is 12.9. The van der Waals surface area contributed by atoms with Gasteiger partial charge in [0, 0.05) is 5.92 Å². The minimum absolute atomic E-state index is 0.00461.